The molecule has 1 aromatic carbocycles. The van der Waals surface area contributed by atoms with E-state index in [9.17, 15) is 0 Å². The van der Waals surface area contributed by atoms with Crippen LogP contribution < -0.4 is 4.90 Å². The first-order valence-electron chi connectivity index (χ1n) is 8.58. The van der Waals surface area contributed by atoms with Gasteiger partial charge in [-0.3, -0.25) is 4.98 Å². The first-order valence-corrected chi connectivity index (χ1v) is 9.71. The average Bonchev–Trinajstić information content (AvgIpc) is 2.77. The maximum Gasteiger partial charge on any atom is 0.180 e. The molecule has 0 saturated carbocycles. The summed E-state index contributed by atoms with van der Waals surface area (Å²) in [5.74, 6) is 1.13. The highest BCUT2D eigenvalue weighted by molar-refractivity contribution is 6.50. The Labute approximate surface area is 181 Å². The zero-order valence-electron chi connectivity index (χ0n) is 15.4. The molecule has 7 nitrogen and oxygen atoms in total. The van der Waals surface area contributed by atoms with Gasteiger partial charge in [-0.2, -0.15) is 0 Å². The van der Waals surface area contributed by atoms with E-state index >= 15 is 0 Å². The summed E-state index contributed by atoms with van der Waals surface area (Å²) in [4.78, 5) is 28.2. The average molecular weight is 447 g/mol. The fourth-order valence-electron chi connectivity index (χ4n) is 2.99. The lowest BCUT2D eigenvalue weighted by Gasteiger charge is -2.27. The predicted octanol–water partition coefficient (Wildman–Crippen LogP) is 5.03. The molecule has 1 unspecified atom stereocenters. The minimum atomic E-state index is -0.214. The van der Waals surface area contributed by atoms with E-state index in [2.05, 4.69) is 29.9 Å². The van der Waals surface area contributed by atoms with Gasteiger partial charge in [0.05, 0.1) is 32.3 Å². The van der Waals surface area contributed by atoms with Crippen molar-refractivity contribution in [3.63, 3.8) is 0 Å². The van der Waals surface area contributed by atoms with Crippen LogP contribution in [0.5, 0.6) is 0 Å². The molecule has 0 spiro atoms. The van der Waals surface area contributed by atoms with E-state index in [0.717, 1.165) is 0 Å². The summed E-state index contributed by atoms with van der Waals surface area (Å²) >= 11 is 18.8. The number of nitrogens with zero attached hydrogens (tertiary/aromatic N) is 7. The van der Waals surface area contributed by atoms with Gasteiger partial charge in [-0.25, -0.2) is 24.9 Å². The van der Waals surface area contributed by atoms with Crippen molar-refractivity contribution in [3.05, 3.63) is 64.0 Å². The Morgan fingerprint density at radius 2 is 1.59 bits per heavy atom. The smallest absolute Gasteiger partial charge is 0.180 e. The van der Waals surface area contributed by atoms with Crippen molar-refractivity contribution in [2.24, 2.45) is 0 Å². The molecule has 0 N–H and O–H groups in total. The van der Waals surface area contributed by atoms with Gasteiger partial charge < -0.3 is 4.90 Å². The van der Waals surface area contributed by atoms with Gasteiger partial charge in [0.15, 0.2) is 5.82 Å². The fraction of sp³-hybridized carbons (Fsp3) is 0.158. The Kier molecular flexibility index (Phi) is 5.45. The lowest BCUT2D eigenvalue weighted by molar-refractivity contribution is 0.703. The summed E-state index contributed by atoms with van der Waals surface area (Å²) in [6.45, 7) is 1.99. The van der Waals surface area contributed by atoms with Gasteiger partial charge in [0.2, 0.25) is 0 Å². The molecule has 3 heterocycles. The first-order chi connectivity index (χ1) is 14.0. The standard InChI is InChI=1S/C19H14Cl3N7/c1-10(15-17(24-7-6-23-15)18-25-4-3-5-26-18)29(2)19-11-8-12(20)13(21)14(22)16(11)27-9-28-19/h3-10H,1-2H3. The number of hydrogen-bond acceptors (Lipinski definition) is 7. The highest BCUT2D eigenvalue weighted by Gasteiger charge is 2.23. The SMILES string of the molecule is CC(c1nccnc1-c1ncccn1)N(C)c1ncnc2c(Cl)c(Cl)c(Cl)cc12. The number of anilines is 1. The lowest BCUT2D eigenvalue weighted by atomic mass is 10.1. The summed E-state index contributed by atoms with van der Waals surface area (Å²) in [5, 5.41) is 1.57. The highest BCUT2D eigenvalue weighted by Crippen LogP contribution is 2.39. The summed E-state index contributed by atoms with van der Waals surface area (Å²) in [7, 11) is 1.90. The van der Waals surface area contributed by atoms with Crippen LogP contribution in [0.4, 0.5) is 5.82 Å². The van der Waals surface area contributed by atoms with Crippen molar-refractivity contribution in [1.82, 2.24) is 29.9 Å². The van der Waals surface area contributed by atoms with E-state index in [1.165, 1.54) is 6.33 Å². The van der Waals surface area contributed by atoms with Gasteiger partial charge >= 0.3 is 0 Å². The molecule has 0 aliphatic rings. The second-order valence-corrected chi connectivity index (χ2v) is 7.39. The molecule has 1 atom stereocenters. The van der Waals surface area contributed by atoms with Crippen molar-refractivity contribution in [3.8, 4) is 11.5 Å². The largest absolute Gasteiger partial charge is 0.351 e. The van der Waals surface area contributed by atoms with E-state index in [4.69, 9.17) is 34.8 Å². The Balaban J connectivity index is 1.82. The molecule has 146 valence electrons. The van der Waals surface area contributed by atoms with Crippen molar-refractivity contribution < 1.29 is 0 Å². The monoisotopic (exact) mass is 445 g/mol. The van der Waals surface area contributed by atoms with Crippen LogP contribution in [0, 0.1) is 0 Å². The molecule has 29 heavy (non-hydrogen) atoms. The number of hydrogen-bond donors (Lipinski definition) is 0. The number of benzene rings is 1. The molecule has 0 bridgehead atoms. The molecule has 10 heteroatoms. The van der Waals surface area contributed by atoms with Gasteiger partial charge in [0.1, 0.15) is 17.8 Å². The molecule has 0 aliphatic carbocycles. The minimum Gasteiger partial charge on any atom is -0.351 e. The van der Waals surface area contributed by atoms with Crippen LogP contribution >= 0.6 is 34.8 Å². The molecule has 0 saturated heterocycles. The van der Waals surface area contributed by atoms with Crippen molar-refractivity contribution >= 4 is 51.5 Å². The van der Waals surface area contributed by atoms with E-state index in [-0.39, 0.29) is 16.1 Å². The van der Waals surface area contributed by atoms with Gasteiger partial charge in [-0.1, -0.05) is 34.8 Å². The van der Waals surface area contributed by atoms with Crippen LogP contribution in [0.3, 0.4) is 0 Å². The molecular weight excluding hydrogens is 433 g/mol. The summed E-state index contributed by atoms with van der Waals surface area (Å²) in [6, 6.07) is 3.25. The van der Waals surface area contributed by atoms with Crippen molar-refractivity contribution in [2.75, 3.05) is 11.9 Å². The first kappa shape index (κ1) is 19.7. The van der Waals surface area contributed by atoms with Gasteiger partial charge in [-0.05, 0) is 19.1 Å². The van der Waals surface area contributed by atoms with E-state index in [1.54, 1.807) is 36.9 Å². The van der Waals surface area contributed by atoms with Crippen LogP contribution in [-0.4, -0.2) is 37.0 Å². The van der Waals surface area contributed by atoms with Gasteiger partial charge in [0.25, 0.3) is 0 Å². The fourth-order valence-corrected chi connectivity index (χ4v) is 3.64. The molecular formula is C19H14Cl3N7. The summed E-state index contributed by atoms with van der Waals surface area (Å²) < 4.78 is 0. The van der Waals surface area contributed by atoms with Crippen LogP contribution in [0.15, 0.2) is 43.2 Å². The molecule has 0 aliphatic heterocycles. The van der Waals surface area contributed by atoms with Crippen LogP contribution in [0.25, 0.3) is 22.4 Å². The minimum absolute atomic E-state index is 0.214. The second-order valence-electron chi connectivity index (χ2n) is 6.23. The van der Waals surface area contributed by atoms with E-state index in [0.29, 0.717) is 39.0 Å². The van der Waals surface area contributed by atoms with Gasteiger partial charge in [-0.15, -0.1) is 0 Å². The normalized spacial score (nSPS) is 12.2. The number of halogens is 3. The topological polar surface area (TPSA) is 80.6 Å². The maximum atomic E-state index is 6.35. The van der Waals surface area contributed by atoms with Crippen molar-refractivity contribution in [2.45, 2.75) is 13.0 Å². The Morgan fingerprint density at radius 3 is 2.34 bits per heavy atom. The van der Waals surface area contributed by atoms with E-state index < -0.39 is 0 Å². The summed E-state index contributed by atoms with van der Waals surface area (Å²) in [5.41, 5.74) is 1.83. The van der Waals surface area contributed by atoms with Crippen LogP contribution in [0.1, 0.15) is 18.7 Å². The zero-order valence-corrected chi connectivity index (χ0v) is 17.7. The molecule has 4 aromatic rings. The zero-order chi connectivity index (χ0) is 20.5. The van der Waals surface area contributed by atoms with Gasteiger partial charge in [0, 0.05) is 37.2 Å². The number of aromatic nitrogens is 6. The third-order valence-electron chi connectivity index (χ3n) is 4.56. The molecule has 3 aromatic heterocycles. The summed E-state index contributed by atoms with van der Waals surface area (Å²) in [6.07, 6.45) is 8.03. The third kappa shape index (κ3) is 3.57. The lowest BCUT2D eigenvalue weighted by Crippen LogP contribution is -2.25. The third-order valence-corrected chi connectivity index (χ3v) is 5.81. The highest BCUT2D eigenvalue weighted by atomic mass is 35.5. The van der Waals surface area contributed by atoms with Crippen molar-refractivity contribution in [1.29, 1.82) is 0 Å². The van der Waals surface area contributed by atoms with Crippen LogP contribution in [-0.2, 0) is 0 Å². The second kappa shape index (κ2) is 8.02. The Hall–Kier alpha value is -2.61. The number of rotatable bonds is 4. The molecule has 0 fully saturated rings. The Morgan fingerprint density at radius 1 is 0.862 bits per heavy atom. The Bertz CT molecular complexity index is 1190. The quantitative estimate of drug-likeness (QED) is 0.406. The van der Waals surface area contributed by atoms with E-state index in [1.807, 2.05) is 18.9 Å². The maximum absolute atomic E-state index is 6.35. The predicted molar refractivity (Wildman–Crippen MR) is 114 cm³/mol. The number of fused-ring (bicyclic) bond motifs is 1. The molecule has 0 radical (unpaired) electrons. The van der Waals surface area contributed by atoms with Crippen LogP contribution in [0.2, 0.25) is 15.1 Å². The molecule has 0 amide bonds. The molecule has 4 rings (SSSR count).